The molecule has 2 heterocycles. The molecule has 0 aliphatic carbocycles. The minimum Gasteiger partial charge on any atom is -0.358 e. The van der Waals surface area contributed by atoms with Gasteiger partial charge in [0.25, 0.3) is 0 Å². The molecule has 0 aromatic carbocycles. The van der Waals surface area contributed by atoms with Crippen LogP contribution in [0.3, 0.4) is 0 Å². The van der Waals surface area contributed by atoms with Gasteiger partial charge < -0.3 is 15.5 Å². The van der Waals surface area contributed by atoms with E-state index in [1.807, 2.05) is 4.90 Å². The number of nitrogens with one attached hydrogen (secondary N) is 2. The minimum absolute atomic E-state index is 0.0587. The smallest absolute Gasteiger partial charge is 0.358 e. The summed E-state index contributed by atoms with van der Waals surface area (Å²) in [5.41, 5.74) is -0.891. The molecule has 2 N–H and O–H groups in total. The summed E-state index contributed by atoms with van der Waals surface area (Å²) in [5.74, 6) is -0.262. The number of likely N-dealkylation sites (N-methyl/N-ethyl adjacent to an activating group) is 1. The molecule has 1 aliphatic heterocycles. The number of rotatable bonds is 5. The molecule has 1 aromatic heterocycles. The van der Waals surface area contributed by atoms with Gasteiger partial charge in [-0.1, -0.05) is 11.6 Å². The number of halogens is 4. The summed E-state index contributed by atoms with van der Waals surface area (Å²) in [4.78, 5) is 30.4. The molecule has 144 valence electrons. The van der Waals surface area contributed by atoms with E-state index in [-0.39, 0.29) is 29.9 Å². The zero-order valence-electron chi connectivity index (χ0n) is 14.1. The number of amides is 2. The molecular weight excluding hydrogens is 375 g/mol. The van der Waals surface area contributed by atoms with E-state index in [2.05, 4.69) is 15.6 Å². The SMILES string of the molecule is CNC(=O)CNC(=O)CN1CCN(c2ncc(C(F)(F)F)cc2Cl)CC1. The molecule has 0 bridgehead atoms. The highest BCUT2D eigenvalue weighted by Crippen LogP contribution is 2.33. The number of alkyl halides is 3. The van der Waals surface area contributed by atoms with Crippen LogP contribution >= 0.6 is 11.6 Å². The zero-order chi connectivity index (χ0) is 19.3. The van der Waals surface area contributed by atoms with Crippen molar-refractivity contribution in [2.24, 2.45) is 0 Å². The van der Waals surface area contributed by atoms with Crippen molar-refractivity contribution in [1.82, 2.24) is 20.5 Å². The number of aromatic nitrogens is 1. The Balaban J connectivity index is 1.86. The number of anilines is 1. The molecule has 26 heavy (non-hydrogen) atoms. The minimum atomic E-state index is -4.49. The van der Waals surface area contributed by atoms with Crippen molar-refractivity contribution in [2.75, 3.05) is 51.2 Å². The summed E-state index contributed by atoms with van der Waals surface area (Å²) in [5, 5.41) is 4.85. The maximum Gasteiger partial charge on any atom is 0.417 e. The van der Waals surface area contributed by atoms with Crippen molar-refractivity contribution in [3.8, 4) is 0 Å². The molecule has 2 rings (SSSR count). The Bertz CT molecular complexity index is 663. The highest BCUT2D eigenvalue weighted by molar-refractivity contribution is 6.33. The van der Waals surface area contributed by atoms with Crippen LogP contribution in [0, 0.1) is 0 Å². The lowest BCUT2D eigenvalue weighted by Gasteiger charge is -2.35. The number of hydrogen-bond acceptors (Lipinski definition) is 5. The van der Waals surface area contributed by atoms with Crippen LogP contribution in [0.25, 0.3) is 0 Å². The van der Waals surface area contributed by atoms with Crippen LogP contribution in [-0.2, 0) is 15.8 Å². The van der Waals surface area contributed by atoms with Gasteiger partial charge in [-0.25, -0.2) is 4.98 Å². The van der Waals surface area contributed by atoms with Gasteiger partial charge in [-0.15, -0.1) is 0 Å². The van der Waals surface area contributed by atoms with Gasteiger partial charge in [0, 0.05) is 39.4 Å². The topological polar surface area (TPSA) is 77.6 Å². The van der Waals surface area contributed by atoms with Crippen LogP contribution in [0.5, 0.6) is 0 Å². The van der Waals surface area contributed by atoms with Gasteiger partial charge in [0.2, 0.25) is 11.8 Å². The average Bonchev–Trinajstić information content (AvgIpc) is 2.59. The first-order chi connectivity index (χ1) is 12.2. The lowest BCUT2D eigenvalue weighted by Crippen LogP contribution is -2.50. The first-order valence-corrected chi connectivity index (χ1v) is 8.26. The highest BCUT2D eigenvalue weighted by Gasteiger charge is 2.32. The van der Waals surface area contributed by atoms with Crippen LogP contribution < -0.4 is 15.5 Å². The number of hydrogen-bond donors (Lipinski definition) is 2. The van der Waals surface area contributed by atoms with Crippen LogP contribution in [0.1, 0.15) is 5.56 Å². The molecule has 2 amide bonds. The maximum absolute atomic E-state index is 12.7. The van der Waals surface area contributed by atoms with E-state index < -0.39 is 11.7 Å². The Kier molecular flexibility index (Phi) is 6.65. The first kappa shape index (κ1) is 20.2. The van der Waals surface area contributed by atoms with Gasteiger partial charge in [0.05, 0.1) is 23.7 Å². The molecule has 0 unspecified atom stereocenters. The number of pyridine rings is 1. The summed E-state index contributed by atoms with van der Waals surface area (Å²) in [6.45, 7) is 2.04. The number of nitrogens with zero attached hydrogens (tertiary/aromatic N) is 3. The van der Waals surface area contributed by atoms with Crippen LogP contribution in [0.2, 0.25) is 5.02 Å². The molecule has 1 aliphatic rings. The fourth-order valence-electron chi connectivity index (χ4n) is 2.46. The van der Waals surface area contributed by atoms with E-state index in [4.69, 9.17) is 11.6 Å². The van der Waals surface area contributed by atoms with Crippen molar-refractivity contribution < 1.29 is 22.8 Å². The lowest BCUT2D eigenvalue weighted by molar-refractivity contribution is -0.137. The van der Waals surface area contributed by atoms with Crippen molar-refractivity contribution in [3.63, 3.8) is 0 Å². The normalized spacial score (nSPS) is 15.7. The van der Waals surface area contributed by atoms with Gasteiger partial charge in [-0.3, -0.25) is 14.5 Å². The predicted molar refractivity (Wildman–Crippen MR) is 90.0 cm³/mol. The summed E-state index contributed by atoms with van der Waals surface area (Å²) < 4.78 is 38.0. The van der Waals surface area contributed by atoms with Crippen molar-refractivity contribution in [3.05, 3.63) is 22.8 Å². The van der Waals surface area contributed by atoms with E-state index in [9.17, 15) is 22.8 Å². The molecule has 0 radical (unpaired) electrons. The Morgan fingerprint density at radius 1 is 1.23 bits per heavy atom. The fraction of sp³-hybridized carbons (Fsp3) is 0.533. The van der Waals surface area contributed by atoms with Crippen molar-refractivity contribution >= 4 is 29.2 Å². The van der Waals surface area contributed by atoms with Crippen molar-refractivity contribution in [1.29, 1.82) is 0 Å². The third-order valence-corrected chi connectivity index (χ3v) is 4.19. The fourth-order valence-corrected chi connectivity index (χ4v) is 2.75. The van der Waals surface area contributed by atoms with Crippen LogP contribution in [-0.4, -0.2) is 68.0 Å². The van der Waals surface area contributed by atoms with Gasteiger partial charge in [-0.05, 0) is 6.07 Å². The number of carbonyl (C=O) groups is 2. The zero-order valence-corrected chi connectivity index (χ0v) is 14.8. The Labute approximate surface area is 153 Å². The molecule has 11 heteroatoms. The van der Waals surface area contributed by atoms with Gasteiger partial charge in [0.15, 0.2) is 0 Å². The molecule has 0 saturated carbocycles. The molecule has 1 saturated heterocycles. The first-order valence-electron chi connectivity index (χ1n) is 7.88. The average molecular weight is 394 g/mol. The Hall–Kier alpha value is -2.07. The number of carbonyl (C=O) groups excluding carboxylic acids is 2. The van der Waals surface area contributed by atoms with E-state index in [0.717, 1.165) is 12.3 Å². The standard InChI is InChI=1S/C15H19ClF3N5O2/c1-20-12(25)8-21-13(26)9-23-2-4-24(5-3-23)14-11(16)6-10(7-22-14)15(17,18)19/h6-7H,2-5,8-9H2,1H3,(H,20,25)(H,21,26). The van der Waals surface area contributed by atoms with Gasteiger partial charge in [-0.2, -0.15) is 13.2 Å². The second-order valence-electron chi connectivity index (χ2n) is 5.74. The molecule has 7 nitrogen and oxygen atoms in total. The molecule has 0 spiro atoms. The molecular formula is C15H19ClF3N5O2. The maximum atomic E-state index is 12.7. The second-order valence-corrected chi connectivity index (χ2v) is 6.15. The lowest BCUT2D eigenvalue weighted by atomic mass is 10.2. The predicted octanol–water partition coefficient (Wildman–Crippen LogP) is 0.738. The van der Waals surface area contributed by atoms with Crippen LogP contribution in [0.4, 0.5) is 19.0 Å². The van der Waals surface area contributed by atoms with E-state index in [0.29, 0.717) is 32.0 Å². The molecule has 1 fully saturated rings. The monoisotopic (exact) mass is 393 g/mol. The number of piperazine rings is 1. The molecule has 0 atom stereocenters. The third kappa shape index (κ3) is 5.46. The second kappa shape index (κ2) is 8.54. The molecule has 1 aromatic rings. The van der Waals surface area contributed by atoms with E-state index >= 15 is 0 Å². The summed E-state index contributed by atoms with van der Waals surface area (Å²) in [7, 11) is 1.48. The van der Waals surface area contributed by atoms with Crippen molar-refractivity contribution in [2.45, 2.75) is 6.18 Å². The summed E-state index contributed by atoms with van der Waals surface area (Å²) in [6.07, 6.45) is -3.73. The summed E-state index contributed by atoms with van der Waals surface area (Å²) >= 11 is 5.95. The Morgan fingerprint density at radius 3 is 2.42 bits per heavy atom. The van der Waals surface area contributed by atoms with E-state index in [1.165, 1.54) is 7.05 Å². The van der Waals surface area contributed by atoms with E-state index in [1.54, 1.807) is 4.90 Å². The van der Waals surface area contributed by atoms with Crippen LogP contribution in [0.15, 0.2) is 12.3 Å². The Morgan fingerprint density at radius 2 is 1.88 bits per heavy atom. The largest absolute Gasteiger partial charge is 0.417 e. The highest BCUT2D eigenvalue weighted by atomic mass is 35.5. The van der Waals surface area contributed by atoms with Gasteiger partial charge >= 0.3 is 6.18 Å². The third-order valence-electron chi connectivity index (χ3n) is 3.91. The van der Waals surface area contributed by atoms with Gasteiger partial charge in [0.1, 0.15) is 5.82 Å². The quantitative estimate of drug-likeness (QED) is 0.771. The summed E-state index contributed by atoms with van der Waals surface area (Å²) in [6, 6.07) is 0.864.